The maximum atomic E-state index is 12.0. The van der Waals surface area contributed by atoms with Crippen LogP contribution in [-0.2, 0) is 20.6 Å². The molecular weight excluding hydrogens is 293 g/mol. The predicted molar refractivity (Wildman–Crippen MR) is 79.6 cm³/mol. The standard InChI is InChI=1S/C14H20NO5P/c1-11(14(17)18)15-13(16)8-10-21(19,20)9-7-12-5-3-2-4-6-12/h2-6,11H,7-10H2,1H3,(H,15,16)(H,17,18)(H,19,20). The Labute approximate surface area is 123 Å². The molecule has 0 aliphatic carbocycles. The summed E-state index contributed by atoms with van der Waals surface area (Å²) in [6.45, 7) is 1.34. The SMILES string of the molecule is CC(NC(=O)CCP(=O)(O)CCc1ccccc1)C(=O)O. The summed E-state index contributed by atoms with van der Waals surface area (Å²) in [5.74, 6) is -1.67. The van der Waals surface area contributed by atoms with Crippen molar-refractivity contribution in [3.63, 3.8) is 0 Å². The van der Waals surface area contributed by atoms with Gasteiger partial charge in [0.1, 0.15) is 6.04 Å². The largest absolute Gasteiger partial charge is 0.480 e. The molecule has 0 aliphatic rings. The Kier molecular flexibility index (Phi) is 6.59. The average molecular weight is 313 g/mol. The van der Waals surface area contributed by atoms with Gasteiger partial charge < -0.3 is 15.3 Å². The molecule has 1 rings (SSSR count). The van der Waals surface area contributed by atoms with Crippen molar-refractivity contribution in [3.05, 3.63) is 35.9 Å². The van der Waals surface area contributed by atoms with Gasteiger partial charge in [0.05, 0.1) is 0 Å². The molecule has 3 N–H and O–H groups in total. The summed E-state index contributed by atoms with van der Waals surface area (Å²) in [7, 11) is -3.39. The second kappa shape index (κ2) is 7.96. The van der Waals surface area contributed by atoms with Gasteiger partial charge in [-0.1, -0.05) is 30.3 Å². The van der Waals surface area contributed by atoms with Crippen molar-refractivity contribution in [1.82, 2.24) is 5.32 Å². The molecular formula is C14H20NO5P. The first kappa shape index (κ1) is 17.4. The van der Waals surface area contributed by atoms with E-state index in [2.05, 4.69) is 5.32 Å². The number of carboxylic acids is 1. The summed E-state index contributed by atoms with van der Waals surface area (Å²) in [6.07, 6.45) is 0.290. The minimum absolute atomic E-state index is 0.110. The Bertz CT molecular complexity index is 531. The average Bonchev–Trinajstić information content (AvgIpc) is 2.44. The van der Waals surface area contributed by atoms with Crippen molar-refractivity contribution in [3.8, 4) is 0 Å². The van der Waals surface area contributed by atoms with Crippen LogP contribution in [0.5, 0.6) is 0 Å². The van der Waals surface area contributed by atoms with Gasteiger partial charge in [0.2, 0.25) is 13.3 Å². The number of nitrogens with one attached hydrogen (secondary N) is 1. The number of rotatable bonds is 8. The summed E-state index contributed by atoms with van der Waals surface area (Å²) in [4.78, 5) is 31.9. The van der Waals surface area contributed by atoms with Crippen LogP contribution in [0.3, 0.4) is 0 Å². The highest BCUT2D eigenvalue weighted by Gasteiger charge is 2.21. The van der Waals surface area contributed by atoms with Crippen LogP contribution in [-0.4, -0.2) is 40.2 Å². The molecule has 0 radical (unpaired) electrons. The van der Waals surface area contributed by atoms with Gasteiger partial charge in [-0.05, 0) is 18.9 Å². The van der Waals surface area contributed by atoms with Gasteiger partial charge in [-0.15, -0.1) is 0 Å². The second-order valence-electron chi connectivity index (χ2n) is 4.91. The van der Waals surface area contributed by atoms with E-state index in [4.69, 9.17) is 5.11 Å². The molecule has 0 saturated carbocycles. The lowest BCUT2D eigenvalue weighted by Gasteiger charge is -2.13. The van der Waals surface area contributed by atoms with E-state index in [0.717, 1.165) is 5.56 Å². The predicted octanol–water partition coefficient (Wildman–Crippen LogP) is 1.48. The molecule has 1 aromatic carbocycles. The smallest absolute Gasteiger partial charge is 0.325 e. The normalized spacial score (nSPS) is 15.0. The molecule has 0 fully saturated rings. The fourth-order valence-electron chi connectivity index (χ4n) is 1.71. The van der Waals surface area contributed by atoms with Crippen LogP contribution in [0.15, 0.2) is 30.3 Å². The first-order valence-electron chi connectivity index (χ1n) is 6.67. The van der Waals surface area contributed by atoms with E-state index in [1.807, 2.05) is 30.3 Å². The Balaban J connectivity index is 2.37. The number of aryl methyl sites for hydroxylation is 1. The van der Waals surface area contributed by atoms with Crippen LogP contribution in [0.2, 0.25) is 0 Å². The third kappa shape index (κ3) is 7.06. The molecule has 0 bridgehead atoms. The third-order valence-corrected chi connectivity index (χ3v) is 4.87. The number of hydrogen-bond acceptors (Lipinski definition) is 3. The highest BCUT2D eigenvalue weighted by Crippen LogP contribution is 2.41. The van der Waals surface area contributed by atoms with Gasteiger partial charge in [-0.25, -0.2) is 0 Å². The van der Waals surface area contributed by atoms with Crippen molar-refractivity contribution in [2.75, 3.05) is 12.3 Å². The molecule has 7 heteroatoms. The molecule has 21 heavy (non-hydrogen) atoms. The van der Waals surface area contributed by atoms with E-state index >= 15 is 0 Å². The van der Waals surface area contributed by atoms with Crippen LogP contribution in [0.1, 0.15) is 18.9 Å². The zero-order valence-corrected chi connectivity index (χ0v) is 12.8. The summed E-state index contributed by atoms with van der Waals surface area (Å²) in [5.41, 5.74) is 0.968. The van der Waals surface area contributed by atoms with Crippen molar-refractivity contribution >= 4 is 19.2 Å². The molecule has 0 saturated heterocycles. The van der Waals surface area contributed by atoms with Gasteiger partial charge in [0, 0.05) is 18.7 Å². The number of carbonyl (C=O) groups excluding carboxylic acids is 1. The quantitative estimate of drug-likeness (QED) is 0.631. The highest BCUT2D eigenvalue weighted by atomic mass is 31.2. The fraction of sp³-hybridized carbons (Fsp3) is 0.429. The van der Waals surface area contributed by atoms with E-state index in [-0.39, 0.29) is 18.7 Å². The van der Waals surface area contributed by atoms with E-state index in [9.17, 15) is 19.0 Å². The minimum atomic E-state index is -3.39. The molecule has 116 valence electrons. The van der Waals surface area contributed by atoms with Crippen LogP contribution in [0.25, 0.3) is 0 Å². The van der Waals surface area contributed by atoms with Crippen LogP contribution >= 0.6 is 7.37 Å². The second-order valence-corrected chi connectivity index (χ2v) is 7.49. The lowest BCUT2D eigenvalue weighted by atomic mass is 10.2. The molecule has 0 aromatic heterocycles. The number of carbonyl (C=O) groups is 2. The number of amides is 1. The lowest BCUT2D eigenvalue weighted by Crippen LogP contribution is -2.38. The number of carboxylic acid groups (broad SMARTS) is 1. The number of aliphatic carboxylic acids is 1. The van der Waals surface area contributed by atoms with Gasteiger partial charge in [-0.2, -0.15) is 0 Å². The Morgan fingerprint density at radius 1 is 1.24 bits per heavy atom. The van der Waals surface area contributed by atoms with E-state index in [1.54, 1.807) is 0 Å². The topological polar surface area (TPSA) is 104 Å². The molecule has 6 nitrogen and oxygen atoms in total. The van der Waals surface area contributed by atoms with Crippen LogP contribution in [0.4, 0.5) is 0 Å². The summed E-state index contributed by atoms with van der Waals surface area (Å²) in [5, 5.41) is 10.9. The lowest BCUT2D eigenvalue weighted by molar-refractivity contribution is -0.141. The van der Waals surface area contributed by atoms with Crippen molar-refractivity contribution in [2.24, 2.45) is 0 Å². The first-order chi connectivity index (χ1) is 9.80. The number of hydrogen-bond donors (Lipinski definition) is 3. The van der Waals surface area contributed by atoms with Gasteiger partial charge in [0.15, 0.2) is 0 Å². The Morgan fingerprint density at radius 3 is 2.43 bits per heavy atom. The van der Waals surface area contributed by atoms with Crippen molar-refractivity contribution < 1.29 is 24.2 Å². The minimum Gasteiger partial charge on any atom is -0.480 e. The van der Waals surface area contributed by atoms with Gasteiger partial charge >= 0.3 is 5.97 Å². The monoisotopic (exact) mass is 313 g/mol. The molecule has 0 aliphatic heterocycles. The fourth-order valence-corrected chi connectivity index (χ4v) is 3.10. The van der Waals surface area contributed by atoms with Crippen molar-refractivity contribution in [2.45, 2.75) is 25.8 Å². The highest BCUT2D eigenvalue weighted by molar-refractivity contribution is 7.58. The van der Waals surface area contributed by atoms with Crippen molar-refractivity contribution in [1.29, 1.82) is 0 Å². The van der Waals surface area contributed by atoms with Crippen LogP contribution in [0, 0.1) is 0 Å². The zero-order valence-electron chi connectivity index (χ0n) is 11.9. The molecule has 1 amide bonds. The molecule has 0 spiro atoms. The van der Waals surface area contributed by atoms with Gasteiger partial charge in [-0.3, -0.25) is 14.2 Å². The van der Waals surface area contributed by atoms with E-state index < -0.39 is 25.3 Å². The molecule has 2 atom stereocenters. The van der Waals surface area contributed by atoms with E-state index in [0.29, 0.717) is 6.42 Å². The third-order valence-electron chi connectivity index (χ3n) is 3.03. The molecule has 1 aromatic rings. The van der Waals surface area contributed by atoms with Crippen LogP contribution < -0.4 is 5.32 Å². The maximum Gasteiger partial charge on any atom is 0.325 e. The Morgan fingerprint density at radius 2 is 1.86 bits per heavy atom. The molecule has 2 unspecified atom stereocenters. The summed E-state index contributed by atoms with van der Waals surface area (Å²) in [6, 6.07) is 8.34. The molecule has 0 heterocycles. The van der Waals surface area contributed by atoms with E-state index in [1.165, 1.54) is 6.92 Å². The number of benzene rings is 1. The van der Waals surface area contributed by atoms with Gasteiger partial charge in [0.25, 0.3) is 0 Å². The summed E-state index contributed by atoms with van der Waals surface area (Å²) >= 11 is 0. The zero-order chi connectivity index (χ0) is 15.9. The summed E-state index contributed by atoms with van der Waals surface area (Å²) < 4.78 is 12.0. The Hall–Kier alpha value is -1.65. The first-order valence-corrected chi connectivity index (χ1v) is 8.70. The maximum absolute atomic E-state index is 12.0.